The second-order valence-electron chi connectivity index (χ2n) is 6.18. The van der Waals surface area contributed by atoms with E-state index in [-0.39, 0.29) is 37.9 Å². The number of para-hydroxylation sites is 4. The van der Waals surface area contributed by atoms with Crippen LogP contribution in [0.25, 0.3) is 0 Å². The lowest BCUT2D eigenvalue weighted by molar-refractivity contribution is -0.386. The summed E-state index contributed by atoms with van der Waals surface area (Å²) in [4.78, 5) is 10.5. The van der Waals surface area contributed by atoms with Gasteiger partial charge in [0.15, 0.2) is 5.75 Å². The van der Waals surface area contributed by atoms with Gasteiger partial charge in [0.25, 0.3) is 0 Å². The molecule has 0 saturated carbocycles. The summed E-state index contributed by atoms with van der Waals surface area (Å²) < 4.78 is 33.4. The summed E-state index contributed by atoms with van der Waals surface area (Å²) in [7, 11) is 0. The highest BCUT2D eigenvalue weighted by Crippen LogP contribution is 2.25. The first kappa shape index (κ1) is 21.8. The van der Waals surface area contributed by atoms with E-state index in [1.807, 2.05) is 12.1 Å². The molecule has 1 saturated heterocycles. The number of benzene rings is 2. The van der Waals surface area contributed by atoms with Gasteiger partial charge in [-0.25, -0.2) is 0 Å². The number of nitrogens with zero attached hydrogens (tertiary/aromatic N) is 1. The molecule has 2 aromatic carbocycles. The number of nitro groups is 1. The molecular formula is C20H24N2O8. The van der Waals surface area contributed by atoms with Crippen LogP contribution in [0.2, 0.25) is 0 Å². The monoisotopic (exact) mass is 420 g/mol. The lowest BCUT2D eigenvalue weighted by Crippen LogP contribution is -2.43. The molecule has 162 valence electrons. The topological polar surface area (TPSA) is 125 Å². The second-order valence-corrected chi connectivity index (χ2v) is 6.18. The maximum Gasteiger partial charge on any atom is 0.310 e. The van der Waals surface area contributed by atoms with E-state index in [2.05, 4.69) is 0 Å². The lowest BCUT2D eigenvalue weighted by Gasteiger charge is -2.31. The van der Waals surface area contributed by atoms with Crippen LogP contribution in [0, 0.1) is 10.1 Å². The normalized spacial score (nSPS) is 18.7. The standard InChI is InChI=1S/C20H24N2O8/c21-15-5-1-3-7-17(15)25-9-11-27-19-20(30-14-13-29-19)28-12-10-26-18-8-4-2-6-16(18)22(23)24/h1-8,19-20H,9-14,21H2/t19-,20+/m0/s1. The van der Waals surface area contributed by atoms with Gasteiger partial charge in [-0.3, -0.25) is 10.1 Å². The molecule has 0 aliphatic carbocycles. The van der Waals surface area contributed by atoms with Crippen LogP contribution in [0.15, 0.2) is 48.5 Å². The van der Waals surface area contributed by atoms with Gasteiger partial charge in [-0.1, -0.05) is 24.3 Å². The summed E-state index contributed by atoms with van der Waals surface area (Å²) in [5.74, 6) is 0.763. The van der Waals surface area contributed by atoms with E-state index in [1.165, 1.54) is 12.1 Å². The van der Waals surface area contributed by atoms with Crippen LogP contribution in [-0.2, 0) is 18.9 Å². The average molecular weight is 420 g/mol. The smallest absolute Gasteiger partial charge is 0.310 e. The molecule has 0 bridgehead atoms. The number of hydrogen-bond acceptors (Lipinski definition) is 9. The molecule has 3 rings (SSSR count). The quantitative estimate of drug-likeness (QED) is 0.252. The second kappa shape index (κ2) is 11.3. The van der Waals surface area contributed by atoms with Crippen molar-refractivity contribution in [3.63, 3.8) is 0 Å². The highest BCUT2D eigenvalue weighted by molar-refractivity contribution is 5.51. The molecule has 0 aromatic heterocycles. The van der Waals surface area contributed by atoms with Crippen LogP contribution >= 0.6 is 0 Å². The zero-order valence-corrected chi connectivity index (χ0v) is 16.3. The van der Waals surface area contributed by atoms with Gasteiger partial charge in [0.2, 0.25) is 12.6 Å². The maximum atomic E-state index is 11.0. The molecule has 10 nitrogen and oxygen atoms in total. The molecule has 2 atom stereocenters. The zero-order valence-electron chi connectivity index (χ0n) is 16.3. The van der Waals surface area contributed by atoms with Crippen molar-refractivity contribution in [2.45, 2.75) is 12.6 Å². The van der Waals surface area contributed by atoms with Gasteiger partial charge in [0, 0.05) is 6.07 Å². The molecule has 1 aliphatic rings. The lowest BCUT2D eigenvalue weighted by atomic mass is 10.3. The molecule has 30 heavy (non-hydrogen) atoms. The van der Waals surface area contributed by atoms with Gasteiger partial charge in [0.05, 0.1) is 37.0 Å². The highest BCUT2D eigenvalue weighted by atomic mass is 16.8. The van der Waals surface area contributed by atoms with Crippen LogP contribution in [0.5, 0.6) is 11.5 Å². The van der Waals surface area contributed by atoms with E-state index in [4.69, 9.17) is 34.2 Å². The molecular weight excluding hydrogens is 396 g/mol. The first-order chi connectivity index (χ1) is 14.6. The van der Waals surface area contributed by atoms with Gasteiger partial charge in [0.1, 0.15) is 19.0 Å². The van der Waals surface area contributed by atoms with Gasteiger partial charge in [-0.2, -0.15) is 0 Å². The predicted molar refractivity (Wildman–Crippen MR) is 106 cm³/mol. The fraction of sp³-hybridized carbons (Fsp3) is 0.400. The summed E-state index contributed by atoms with van der Waals surface area (Å²) in [6.45, 7) is 1.51. The Morgan fingerprint density at radius 2 is 1.40 bits per heavy atom. The van der Waals surface area contributed by atoms with Crippen molar-refractivity contribution in [1.29, 1.82) is 0 Å². The van der Waals surface area contributed by atoms with Crippen LogP contribution in [0.4, 0.5) is 11.4 Å². The van der Waals surface area contributed by atoms with E-state index in [0.717, 1.165) is 0 Å². The van der Waals surface area contributed by atoms with Gasteiger partial charge < -0.3 is 34.2 Å². The zero-order chi connectivity index (χ0) is 21.2. The molecule has 0 spiro atoms. The van der Waals surface area contributed by atoms with Crippen molar-refractivity contribution in [2.24, 2.45) is 0 Å². The Bertz CT molecular complexity index is 819. The summed E-state index contributed by atoms with van der Waals surface area (Å²) in [5, 5.41) is 11.0. The Morgan fingerprint density at radius 3 is 2.00 bits per heavy atom. The SMILES string of the molecule is Nc1ccccc1OCCO[C@H]1OCCO[C@H]1OCCOc1ccccc1[N+](=O)[O-]. The van der Waals surface area contributed by atoms with Crippen LogP contribution in [0.3, 0.4) is 0 Å². The number of nitro benzene ring substituents is 1. The van der Waals surface area contributed by atoms with Gasteiger partial charge >= 0.3 is 5.69 Å². The molecule has 0 radical (unpaired) electrons. The summed E-state index contributed by atoms with van der Waals surface area (Å²) in [6, 6.07) is 13.3. The van der Waals surface area contributed by atoms with E-state index < -0.39 is 17.5 Å². The molecule has 1 heterocycles. The van der Waals surface area contributed by atoms with Crippen molar-refractivity contribution in [2.75, 3.05) is 45.4 Å². The summed E-state index contributed by atoms with van der Waals surface area (Å²) in [6.07, 6.45) is -1.46. The minimum absolute atomic E-state index is 0.102. The number of nitrogens with two attached hydrogens (primary N) is 1. The van der Waals surface area contributed by atoms with Crippen LogP contribution < -0.4 is 15.2 Å². The highest BCUT2D eigenvalue weighted by Gasteiger charge is 2.28. The predicted octanol–water partition coefficient (Wildman–Crippen LogP) is 2.37. The van der Waals surface area contributed by atoms with E-state index >= 15 is 0 Å². The minimum atomic E-state index is -0.741. The van der Waals surface area contributed by atoms with Crippen molar-refractivity contribution in [1.82, 2.24) is 0 Å². The number of nitrogen functional groups attached to an aromatic ring is 1. The average Bonchev–Trinajstić information content (AvgIpc) is 2.76. The Morgan fingerprint density at radius 1 is 0.867 bits per heavy atom. The number of hydrogen-bond donors (Lipinski definition) is 1. The van der Waals surface area contributed by atoms with Crippen LogP contribution in [-0.4, -0.2) is 57.1 Å². The molecule has 2 N–H and O–H groups in total. The van der Waals surface area contributed by atoms with Crippen LogP contribution in [0.1, 0.15) is 0 Å². The van der Waals surface area contributed by atoms with Gasteiger partial charge in [-0.15, -0.1) is 0 Å². The Labute approximate surface area is 173 Å². The van der Waals surface area contributed by atoms with Crippen molar-refractivity contribution in [3.8, 4) is 11.5 Å². The minimum Gasteiger partial charge on any atom is -0.489 e. The third-order valence-corrected chi connectivity index (χ3v) is 4.10. The van der Waals surface area contributed by atoms with E-state index in [0.29, 0.717) is 24.7 Å². The summed E-state index contributed by atoms with van der Waals surface area (Å²) >= 11 is 0. The first-order valence-electron chi connectivity index (χ1n) is 9.45. The summed E-state index contributed by atoms with van der Waals surface area (Å²) in [5.41, 5.74) is 6.27. The van der Waals surface area contributed by atoms with Crippen molar-refractivity contribution in [3.05, 3.63) is 58.6 Å². The van der Waals surface area contributed by atoms with E-state index in [1.54, 1.807) is 24.3 Å². The van der Waals surface area contributed by atoms with Gasteiger partial charge in [-0.05, 0) is 18.2 Å². The number of ether oxygens (including phenoxy) is 6. The molecule has 0 amide bonds. The maximum absolute atomic E-state index is 11.0. The fourth-order valence-corrected chi connectivity index (χ4v) is 2.71. The Balaban J connectivity index is 1.39. The van der Waals surface area contributed by atoms with Crippen molar-refractivity contribution < 1.29 is 33.3 Å². The Kier molecular flexibility index (Phi) is 8.21. The fourth-order valence-electron chi connectivity index (χ4n) is 2.71. The number of anilines is 1. The Hall–Kier alpha value is -2.92. The first-order valence-corrected chi connectivity index (χ1v) is 9.45. The molecule has 1 aliphatic heterocycles. The molecule has 10 heteroatoms. The third-order valence-electron chi connectivity index (χ3n) is 4.10. The number of rotatable bonds is 11. The third kappa shape index (κ3) is 6.29. The van der Waals surface area contributed by atoms with E-state index in [9.17, 15) is 10.1 Å². The molecule has 0 unspecified atom stereocenters. The largest absolute Gasteiger partial charge is 0.489 e. The van der Waals surface area contributed by atoms with Crippen molar-refractivity contribution >= 4 is 11.4 Å². The molecule has 1 fully saturated rings. The molecule has 2 aromatic rings.